The Bertz CT molecular complexity index is 963. The molecule has 0 fully saturated rings. The molecule has 3 heterocycles. The third-order valence-corrected chi connectivity index (χ3v) is 7.00. The van der Waals surface area contributed by atoms with Gasteiger partial charge in [0.05, 0.1) is 6.04 Å². The van der Waals surface area contributed by atoms with Gasteiger partial charge < -0.3 is 10.2 Å². The number of thioether (sulfide) groups is 2. The molecule has 0 radical (unpaired) electrons. The number of fused-ring (bicyclic) bond motifs is 2. The van der Waals surface area contributed by atoms with Gasteiger partial charge in [-0.1, -0.05) is 72.1 Å². The molecule has 4 nitrogen and oxygen atoms in total. The summed E-state index contributed by atoms with van der Waals surface area (Å²) in [5, 5.41) is 7.93. The van der Waals surface area contributed by atoms with Crippen LogP contribution in [0.2, 0.25) is 0 Å². The summed E-state index contributed by atoms with van der Waals surface area (Å²) in [6, 6.07) is 19.5. The van der Waals surface area contributed by atoms with Gasteiger partial charge in [0.25, 0.3) is 0 Å². The van der Waals surface area contributed by atoms with Crippen molar-refractivity contribution in [2.75, 3.05) is 24.2 Å². The minimum Gasteiger partial charge on any atom is -0.335 e. The van der Waals surface area contributed by atoms with Crippen LogP contribution in [0.3, 0.4) is 0 Å². The molecule has 0 saturated carbocycles. The number of anilines is 1. The van der Waals surface area contributed by atoms with Crippen LogP contribution in [0.5, 0.6) is 0 Å². The Morgan fingerprint density at radius 3 is 2.73 bits per heavy atom. The maximum Gasteiger partial charge on any atom is 0.168 e. The molecule has 0 bridgehead atoms. The monoisotopic (exact) mass is 478 g/mol. The largest absolute Gasteiger partial charge is 0.335 e. The van der Waals surface area contributed by atoms with Gasteiger partial charge >= 0.3 is 0 Å². The lowest BCUT2D eigenvalue weighted by Gasteiger charge is -2.18. The molecule has 30 heavy (non-hydrogen) atoms. The smallest absolute Gasteiger partial charge is 0.168 e. The highest BCUT2D eigenvalue weighted by molar-refractivity contribution is 8.17. The molecule has 0 amide bonds. The highest BCUT2D eigenvalue weighted by atomic mass is 35.5. The first kappa shape index (κ1) is 23.1. The van der Waals surface area contributed by atoms with E-state index in [1.54, 1.807) is 23.5 Å². The van der Waals surface area contributed by atoms with E-state index in [1.807, 2.05) is 0 Å². The zero-order valence-corrected chi connectivity index (χ0v) is 19.6. The molecule has 1 unspecified atom stereocenters. The number of aliphatic imine (C=N–C) groups is 2. The molecule has 3 aliphatic heterocycles. The Kier molecular flexibility index (Phi) is 8.17. The lowest BCUT2D eigenvalue weighted by atomic mass is 10.1. The average Bonchev–Trinajstić information content (AvgIpc) is 3.21. The Hall–Kier alpha value is -1.60. The van der Waals surface area contributed by atoms with Crippen molar-refractivity contribution in [2.24, 2.45) is 9.98 Å². The van der Waals surface area contributed by atoms with Crippen molar-refractivity contribution >= 4 is 64.4 Å². The first-order valence-corrected chi connectivity index (χ1v) is 11.5. The zero-order chi connectivity index (χ0) is 18.8. The van der Waals surface area contributed by atoms with Crippen LogP contribution in [-0.4, -0.2) is 40.1 Å². The second-order valence-corrected chi connectivity index (χ2v) is 8.90. The van der Waals surface area contributed by atoms with Crippen molar-refractivity contribution < 1.29 is 0 Å². The summed E-state index contributed by atoms with van der Waals surface area (Å²) in [5.74, 6) is 0.915. The summed E-state index contributed by atoms with van der Waals surface area (Å²) in [5.41, 5.74) is 5.23. The van der Waals surface area contributed by atoms with E-state index in [9.17, 15) is 0 Å². The number of hydrogen-bond acceptors (Lipinski definition) is 6. The minimum absolute atomic E-state index is 0. The first-order valence-electron chi connectivity index (χ1n) is 9.62. The second-order valence-electron chi connectivity index (χ2n) is 7.10. The van der Waals surface area contributed by atoms with Crippen LogP contribution in [0.4, 0.5) is 5.69 Å². The maximum atomic E-state index is 4.93. The molecule has 158 valence electrons. The molecule has 0 spiro atoms. The van der Waals surface area contributed by atoms with E-state index in [-0.39, 0.29) is 24.8 Å². The molecule has 0 aliphatic carbocycles. The van der Waals surface area contributed by atoms with Crippen LogP contribution in [0.15, 0.2) is 75.7 Å². The predicted octanol–water partition coefficient (Wildman–Crippen LogP) is 5.46. The van der Waals surface area contributed by atoms with Crippen LogP contribution in [0.1, 0.15) is 11.1 Å². The summed E-state index contributed by atoms with van der Waals surface area (Å²) >= 11 is 3.54. The zero-order valence-electron chi connectivity index (χ0n) is 16.4. The van der Waals surface area contributed by atoms with E-state index in [0.29, 0.717) is 6.04 Å². The van der Waals surface area contributed by atoms with Gasteiger partial charge in [0, 0.05) is 30.2 Å². The van der Waals surface area contributed by atoms with Crippen LogP contribution >= 0.6 is 48.3 Å². The molecule has 2 aromatic rings. The Balaban J connectivity index is 0.00000128. The van der Waals surface area contributed by atoms with Gasteiger partial charge in [-0.05, 0) is 35.4 Å². The fourth-order valence-electron chi connectivity index (χ4n) is 3.70. The first-order chi connectivity index (χ1) is 13.8. The van der Waals surface area contributed by atoms with E-state index in [4.69, 9.17) is 9.98 Å². The molecular formula is C22H24Cl2N4S2. The Labute approximate surface area is 198 Å². The normalized spacial score (nSPS) is 19.1. The molecular weight excluding hydrogens is 455 g/mol. The molecule has 2 aromatic carbocycles. The number of para-hydroxylation sites is 1. The quantitative estimate of drug-likeness (QED) is 0.633. The molecule has 1 atom stereocenters. The molecule has 1 N–H and O–H groups in total. The number of benzene rings is 2. The SMILES string of the molecule is C1=C(CSC2=NCCc3ccccc3N2)N2CC(Cc3ccccc3)N=C2S1.Cl.Cl. The highest BCUT2D eigenvalue weighted by Gasteiger charge is 2.31. The van der Waals surface area contributed by atoms with Gasteiger partial charge in [0.2, 0.25) is 0 Å². The van der Waals surface area contributed by atoms with Crippen molar-refractivity contribution in [2.45, 2.75) is 18.9 Å². The molecule has 8 heteroatoms. The fourth-order valence-corrected chi connectivity index (χ4v) is 5.67. The predicted molar refractivity (Wildman–Crippen MR) is 137 cm³/mol. The van der Waals surface area contributed by atoms with Gasteiger partial charge in [-0.25, -0.2) is 0 Å². The van der Waals surface area contributed by atoms with E-state index < -0.39 is 0 Å². The van der Waals surface area contributed by atoms with Crippen LogP contribution in [0.25, 0.3) is 0 Å². The summed E-state index contributed by atoms with van der Waals surface area (Å²) in [7, 11) is 0. The van der Waals surface area contributed by atoms with Crippen LogP contribution in [-0.2, 0) is 12.8 Å². The molecule has 0 aromatic heterocycles. The van der Waals surface area contributed by atoms with E-state index in [1.165, 1.54) is 22.5 Å². The van der Waals surface area contributed by atoms with Crippen molar-refractivity contribution in [1.29, 1.82) is 0 Å². The molecule has 3 aliphatic rings. The lowest BCUT2D eigenvalue weighted by molar-refractivity contribution is 0.512. The highest BCUT2D eigenvalue weighted by Crippen LogP contribution is 2.34. The van der Waals surface area contributed by atoms with Crippen molar-refractivity contribution in [3.05, 3.63) is 76.8 Å². The van der Waals surface area contributed by atoms with Gasteiger partial charge in [0.1, 0.15) is 0 Å². The van der Waals surface area contributed by atoms with Gasteiger partial charge in [-0.15, -0.1) is 24.8 Å². The van der Waals surface area contributed by atoms with Crippen molar-refractivity contribution in [1.82, 2.24) is 4.90 Å². The number of nitrogens with one attached hydrogen (secondary N) is 1. The average molecular weight is 480 g/mol. The fraction of sp³-hybridized carbons (Fsp3) is 0.273. The third-order valence-electron chi connectivity index (χ3n) is 5.13. The van der Waals surface area contributed by atoms with Gasteiger partial charge in [-0.3, -0.25) is 9.98 Å². The van der Waals surface area contributed by atoms with Crippen molar-refractivity contribution in [3.8, 4) is 0 Å². The van der Waals surface area contributed by atoms with E-state index >= 15 is 0 Å². The summed E-state index contributed by atoms with van der Waals surface area (Å²) in [4.78, 5) is 12.1. The minimum atomic E-state index is 0. The Morgan fingerprint density at radius 1 is 1.07 bits per heavy atom. The molecule has 5 rings (SSSR count). The number of nitrogens with zero attached hydrogens (tertiary/aromatic N) is 3. The topological polar surface area (TPSA) is 40.0 Å². The Morgan fingerprint density at radius 2 is 1.87 bits per heavy atom. The number of amidine groups is 2. The molecule has 0 saturated heterocycles. The van der Waals surface area contributed by atoms with Gasteiger partial charge in [-0.2, -0.15) is 0 Å². The third kappa shape index (κ3) is 5.17. The standard InChI is InChI=1S/C22H22N4S2.2ClH/c1-2-6-16(7-3-1)12-18-13-26-19(15-28-22(26)24-18)14-27-21-23-11-10-17-8-4-5-9-20(17)25-21;;/h1-9,15,18H,10-14H2,(H,23,25);2*1H. The van der Waals surface area contributed by atoms with Crippen LogP contribution in [0, 0.1) is 0 Å². The lowest BCUT2D eigenvalue weighted by Crippen LogP contribution is -2.26. The van der Waals surface area contributed by atoms with E-state index in [0.717, 1.165) is 42.0 Å². The number of hydrogen-bond donors (Lipinski definition) is 1. The number of rotatable bonds is 4. The maximum absolute atomic E-state index is 4.93. The van der Waals surface area contributed by atoms with E-state index in [2.05, 4.69) is 70.2 Å². The number of halogens is 2. The summed E-state index contributed by atoms with van der Waals surface area (Å²) < 4.78 is 0. The summed E-state index contributed by atoms with van der Waals surface area (Å²) in [6.45, 7) is 1.82. The van der Waals surface area contributed by atoms with Gasteiger partial charge in [0.15, 0.2) is 10.3 Å². The van der Waals surface area contributed by atoms with Crippen LogP contribution < -0.4 is 5.32 Å². The second kappa shape index (κ2) is 10.6. The summed E-state index contributed by atoms with van der Waals surface area (Å²) in [6.07, 6.45) is 2.00. The van der Waals surface area contributed by atoms with Crippen molar-refractivity contribution in [3.63, 3.8) is 0 Å².